The van der Waals surface area contributed by atoms with Crippen molar-refractivity contribution < 1.29 is 4.79 Å². The number of para-hydroxylation sites is 2. The predicted molar refractivity (Wildman–Crippen MR) is 87.9 cm³/mol. The zero-order valence-corrected chi connectivity index (χ0v) is 12.6. The minimum atomic E-state index is -0.228. The molecule has 4 nitrogen and oxygen atoms in total. The number of benzene rings is 2. The molecule has 0 aliphatic rings. The standard InChI is InChI=1S/C16H12BrN3O/c17-12-5-3-4-11(10-12)8-9-15(21)20-16-18-13-6-1-2-7-14(13)19-16/h1-10H,(H2,18,19,20,21)/b9-8+. The van der Waals surface area contributed by atoms with E-state index in [4.69, 9.17) is 0 Å². The Labute approximate surface area is 130 Å². The first-order valence-electron chi connectivity index (χ1n) is 6.40. The van der Waals surface area contributed by atoms with Crippen LogP contribution in [0.2, 0.25) is 0 Å². The van der Waals surface area contributed by atoms with E-state index >= 15 is 0 Å². The Morgan fingerprint density at radius 3 is 2.86 bits per heavy atom. The van der Waals surface area contributed by atoms with Crippen LogP contribution in [0.3, 0.4) is 0 Å². The number of aromatic amines is 1. The van der Waals surface area contributed by atoms with Gasteiger partial charge in [0.25, 0.3) is 5.91 Å². The topological polar surface area (TPSA) is 57.8 Å². The highest BCUT2D eigenvalue weighted by Gasteiger charge is 2.03. The molecule has 0 unspecified atom stereocenters. The molecule has 0 atom stereocenters. The lowest BCUT2D eigenvalue weighted by atomic mass is 10.2. The second-order valence-electron chi connectivity index (χ2n) is 4.48. The Hall–Kier alpha value is -2.40. The van der Waals surface area contributed by atoms with Crippen LogP contribution in [0.4, 0.5) is 5.95 Å². The van der Waals surface area contributed by atoms with Crippen LogP contribution in [-0.2, 0) is 4.79 Å². The van der Waals surface area contributed by atoms with E-state index < -0.39 is 0 Å². The fourth-order valence-electron chi connectivity index (χ4n) is 1.95. The number of carbonyl (C=O) groups excluding carboxylic acids is 1. The average Bonchev–Trinajstić information content (AvgIpc) is 2.87. The molecule has 5 heteroatoms. The van der Waals surface area contributed by atoms with E-state index in [0.29, 0.717) is 5.95 Å². The van der Waals surface area contributed by atoms with Crippen LogP contribution in [-0.4, -0.2) is 15.9 Å². The number of fused-ring (bicyclic) bond motifs is 1. The van der Waals surface area contributed by atoms with E-state index in [2.05, 4.69) is 31.2 Å². The van der Waals surface area contributed by atoms with Crippen LogP contribution in [0.15, 0.2) is 59.1 Å². The second-order valence-corrected chi connectivity index (χ2v) is 5.40. The Morgan fingerprint density at radius 1 is 1.19 bits per heavy atom. The zero-order chi connectivity index (χ0) is 14.7. The molecule has 0 radical (unpaired) electrons. The highest BCUT2D eigenvalue weighted by molar-refractivity contribution is 9.10. The van der Waals surface area contributed by atoms with Crippen molar-refractivity contribution in [3.63, 3.8) is 0 Å². The first kappa shape index (κ1) is 13.6. The maximum absolute atomic E-state index is 11.9. The Kier molecular flexibility index (Phi) is 3.83. The average molecular weight is 342 g/mol. The van der Waals surface area contributed by atoms with Crippen molar-refractivity contribution in [3.05, 3.63) is 64.6 Å². The van der Waals surface area contributed by atoms with Gasteiger partial charge in [-0.15, -0.1) is 0 Å². The van der Waals surface area contributed by atoms with Crippen molar-refractivity contribution in [2.45, 2.75) is 0 Å². The first-order valence-corrected chi connectivity index (χ1v) is 7.19. The fraction of sp³-hybridized carbons (Fsp3) is 0. The molecule has 1 aromatic heterocycles. The third-order valence-corrected chi connectivity index (χ3v) is 3.40. The summed E-state index contributed by atoms with van der Waals surface area (Å²) >= 11 is 3.39. The molecule has 1 amide bonds. The van der Waals surface area contributed by atoms with Crippen LogP contribution < -0.4 is 5.32 Å². The van der Waals surface area contributed by atoms with Gasteiger partial charge in [-0.3, -0.25) is 10.1 Å². The number of amides is 1. The SMILES string of the molecule is O=C(/C=C/c1cccc(Br)c1)Nc1nc2ccccc2[nH]1. The Balaban J connectivity index is 1.71. The van der Waals surface area contributed by atoms with Crippen molar-refractivity contribution in [3.8, 4) is 0 Å². The van der Waals surface area contributed by atoms with E-state index in [-0.39, 0.29) is 5.91 Å². The molecule has 3 aromatic rings. The van der Waals surface area contributed by atoms with E-state index in [1.165, 1.54) is 6.08 Å². The molecule has 0 bridgehead atoms. The lowest BCUT2D eigenvalue weighted by Gasteiger charge is -1.97. The van der Waals surface area contributed by atoms with Crippen molar-refractivity contribution in [2.75, 3.05) is 5.32 Å². The highest BCUT2D eigenvalue weighted by Crippen LogP contribution is 2.14. The predicted octanol–water partition coefficient (Wildman–Crippen LogP) is 3.98. The molecule has 0 saturated heterocycles. The van der Waals surface area contributed by atoms with Gasteiger partial charge >= 0.3 is 0 Å². The molecule has 2 aromatic carbocycles. The van der Waals surface area contributed by atoms with Gasteiger partial charge in [0.2, 0.25) is 5.95 Å². The largest absolute Gasteiger partial charge is 0.324 e. The molecule has 1 heterocycles. The van der Waals surface area contributed by atoms with Gasteiger partial charge in [-0.2, -0.15) is 0 Å². The smallest absolute Gasteiger partial charge is 0.250 e. The van der Waals surface area contributed by atoms with Crippen molar-refractivity contribution in [1.29, 1.82) is 0 Å². The van der Waals surface area contributed by atoms with Gasteiger partial charge in [-0.1, -0.05) is 40.2 Å². The van der Waals surface area contributed by atoms with Gasteiger partial charge in [0.1, 0.15) is 0 Å². The first-order chi connectivity index (χ1) is 10.2. The van der Waals surface area contributed by atoms with Crippen LogP contribution in [0.25, 0.3) is 17.1 Å². The lowest BCUT2D eigenvalue weighted by Crippen LogP contribution is -2.08. The van der Waals surface area contributed by atoms with Gasteiger partial charge in [0, 0.05) is 10.5 Å². The van der Waals surface area contributed by atoms with E-state index in [1.807, 2.05) is 48.5 Å². The molecular weight excluding hydrogens is 330 g/mol. The maximum atomic E-state index is 11.9. The van der Waals surface area contributed by atoms with E-state index in [9.17, 15) is 4.79 Å². The number of H-pyrrole nitrogens is 1. The summed E-state index contributed by atoms with van der Waals surface area (Å²) in [7, 11) is 0. The van der Waals surface area contributed by atoms with Gasteiger partial charge in [0.05, 0.1) is 11.0 Å². The monoisotopic (exact) mass is 341 g/mol. The van der Waals surface area contributed by atoms with Crippen molar-refractivity contribution in [2.24, 2.45) is 0 Å². The number of hydrogen-bond acceptors (Lipinski definition) is 2. The van der Waals surface area contributed by atoms with Gasteiger partial charge in [0.15, 0.2) is 0 Å². The molecule has 0 aliphatic carbocycles. The molecule has 0 saturated carbocycles. The highest BCUT2D eigenvalue weighted by atomic mass is 79.9. The number of aromatic nitrogens is 2. The summed E-state index contributed by atoms with van der Waals surface area (Å²) < 4.78 is 0.974. The quantitative estimate of drug-likeness (QED) is 0.708. The van der Waals surface area contributed by atoms with Gasteiger partial charge in [-0.25, -0.2) is 4.98 Å². The molecule has 0 spiro atoms. The number of nitrogens with one attached hydrogen (secondary N) is 2. The normalized spacial score (nSPS) is 11.1. The number of halogens is 1. The third kappa shape index (κ3) is 3.38. The number of imidazole rings is 1. The van der Waals surface area contributed by atoms with Gasteiger partial charge < -0.3 is 4.98 Å². The molecule has 3 rings (SSSR count). The van der Waals surface area contributed by atoms with Crippen LogP contribution >= 0.6 is 15.9 Å². The van der Waals surface area contributed by atoms with Crippen molar-refractivity contribution >= 4 is 44.9 Å². The number of anilines is 1. The summed E-state index contributed by atoms with van der Waals surface area (Å²) in [6.45, 7) is 0. The lowest BCUT2D eigenvalue weighted by molar-refractivity contribution is -0.111. The van der Waals surface area contributed by atoms with Gasteiger partial charge in [-0.05, 0) is 35.9 Å². The molecule has 0 aliphatic heterocycles. The Morgan fingerprint density at radius 2 is 2.05 bits per heavy atom. The summed E-state index contributed by atoms with van der Waals surface area (Å²) in [6, 6.07) is 15.3. The minimum Gasteiger partial charge on any atom is -0.324 e. The maximum Gasteiger partial charge on any atom is 0.250 e. The van der Waals surface area contributed by atoms with E-state index in [1.54, 1.807) is 6.08 Å². The number of rotatable bonds is 3. The minimum absolute atomic E-state index is 0.228. The third-order valence-electron chi connectivity index (χ3n) is 2.91. The number of carbonyl (C=O) groups is 1. The number of nitrogens with zero attached hydrogens (tertiary/aromatic N) is 1. The van der Waals surface area contributed by atoms with Crippen LogP contribution in [0.1, 0.15) is 5.56 Å². The Bertz CT molecular complexity index is 790. The molecular formula is C16H12BrN3O. The van der Waals surface area contributed by atoms with Crippen molar-refractivity contribution in [1.82, 2.24) is 9.97 Å². The summed E-state index contributed by atoms with van der Waals surface area (Å²) in [5.41, 5.74) is 2.66. The number of hydrogen-bond donors (Lipinski definition) is 2. The molecule has 2 N–H and O–H groups in total. The summed E-state index contributed by atoms with van der Waals surface area (Å²) in [4.78, 5) is 19.2. The van der Waals surface area contributed by atoms with E-state index in [0.717, 1.165) is 21.1 Å². The summed E-state index contributed by atoms with van der Waals surface area (Å²) in [5, 5.41) is 2.71. The fourth-order valence-corrected chi connectivity index (χ4v) is 2.37. The molecule has 0 fully saturated rings. The van der Waals surface area contributed by atoms with Crippen LogP contribution in [0.5, 0.6) is 0 Å². The van der Waals surface area contributed by atoms with Crippen LogP contribution in [0, 0.1) is 0 Å². The second kappa shape index (κ2) is 5.93. The summed E-state index contributed by atoms with van der Waals surface area (Å²) in [5.74, 6) is 0.217. The molecule has 104 valence electrons. The molecule has 21 heavy (non-hydrogen) atoms. The zero-order valence-electron chi connectivity index (χ0n) is 11.0. The summed E-state index contributed by atoms with van der Waals surface area (Å²) in [6.07, 6.45) is 3.23.